The predicted octanol–water partition coefficient (Wildman–Crippen LogP) is 2.45. The van der Waals surface area contributed by atoms with Gasteiger partial charge >= 0.3 is 0 Å². The molecule has 1 aliphatic carbocycles. The van der Waals surface area contributed by atoms with Crippen molar-refractivity contribution < 1.29 is 0 Å². The molecule has 2 N–H and O–H groups in total. The Hall–Kier alpha value is -1.35. The number of rotatable bonds is 4. The second-order valence-electron chi connectivity index (χ2n) is 4.80. The summed E-state index contributed by atoms with van der Waals surface area (Å²) in [6.45, 7) is 3.24. The third kappa shape index (κ3) is 1.95. The Labute approximate surface area is 95.2 Å². The molecule has 1 aliphatic rings. The molecule has 0 spiro atoms. The van der Waals surface area contributed by atoms with Crippen molar-refractivity contribution in [1.82, 2.24) is 15.5 Å². The van der Waals surface area contributed by atoms with Gasteiger partial charge in [-0.3, -0.25) is 5.10 Å². The lowest BCUT2D eigenvalue weighted by Crippen LogP contribution is -2.27. The van der Waals surface area contributed by atoms with Crippen molar-refractivity contribution in [3.63, 3.8) is 0 Å². The second-order valence-corrected chi connectivity index (χ2v) is 4.80. The Balaban J connectivity index is 1.68. The first kappa shape index (κ1) is 9.85. The van der Waals surface area contributed by atoms with E-state index in [0.717, 1.165) is 18.0 Å². The SMILES string of the molecule is CC(NCc1ccc2cn[nH]c2c1)C1CC1. The molecule has 0 aliphatic heterocycles. The van der Waals surface area contributed by atoms with Crippen LogP contribution in [-0.4, -0.2) is 16.2 Å². The highest BCUT2D eigenvalue weighted by Crippen LogP contribution is 2.32. The lowest BCUT2D eigenvalue weighted by molar-refractivity contribution is 0.496. The largest absolute Gasteiger partial charge is 0.310 e. The monoisotopic (exact) mass is 215 g/mol. The molecule has 3 rings (SSSR count). The molecule has 0 amide bonds. The maximum Gasteiger partial charge on any atom is 0.0653 e. The van der Waals surface area contributed by atoms with Gasteiger partial charge < -0.3 is 5.32 Å². The van der Waals surface area contributed by atoms with Crippen molar-refractivity contribution in [2.45, 2.75) is 32.4 Å². The number of fused-ring (bicyclic) bond motifs is 1. The minimum atomic E-state index is 0.650. The molecule has 1 aromatic carbocycles. The average Bonchev–Trinajstić information content (AvgIpc) is 3.04. The molecule has 1 heterocycles. The molecule has 3 nitrogen and oxygen atoms in total. The van der Waals surface area contributed by atoms with E-state index >= 15 is 0 Å². The van der Waals surface area contributed by atoms with E-state index in [-0.39, 0.29) is 0 Å². The molecular formula is C13H17N3. The van der Waals surface area contributed by atoms with E-state index in [0.29, 0.717) is 6.04 Å². The highest BCUT2D eigenvalue weighted by atomic mass is 15.1. The molecule has 1 aromatic heterocycles. The van der Waals surface area contributed by atoms with Crippen LogP contribution in [-0.2, 0) is 6.54 Å². The van der Waals surface area contributed by atoms with Crippen molar-refractivity contribution in [3.05, 3.63) is 30.0 Å². The molecular weight excluding hydrogens is 198 g/mol. The zero-order chi connectivity index (χ0) is 11.0. The van der Waals surface area contributed by atoms with Crippen molar-refractivity contribution in [2.75, 3.05) is 0 Å². The molecule has 16 heavy (non-hydrogen) atoms. The number of H-pyrrole nitrogens is 1. The molecule has 0 radical (unpaired) electrons. The number of nitrogens with zero attached hydrogens (tertiary/aromatic N) is 1. The van der Waals surface area contributed by atoms with Gasteiger partial charge in [-0.25, -0.2) is 0 Å². The third-order valence-electron chi connectivity index (χ3n) is 3.46. The van der Waals surface area contributed by atoms with E-state index < -0.39 is 0 Å². The van der Waals surface area contributed by atoms with Gasteiger partial charge in [0.2, 0.25) is 0 Å². The van der Waals surface area contributed by atoms with Gasteiger partial charge in [-0.15, -0.1) is 0 Å². The zero-order valence-corrected chi connectivity index (χ0v) is 9.53. The van der Waals surface area contributed by atoms with Crippen LogP contribution in [0, 0.1) is 5.92 Å². The van der Waals surface area contributed by atoms with Gasteiger partial charge in [0.1, 0.15) is 0 Å². The molecule has 1 atom stereocenters. The van der Waals surface area contributed by atoms with Crippen molar-refractivity contribution >= 4 is 10.9 Å². The van der Waals surface area contributed by atoms with E-state index in [2.05, 4.69) is 40.6 Å². The maximum absolute atomic E-state index is 4.03. The smallest absolute Gasteiger partial charge is 0.0653 e. The van der Waals surface area contributed by atoms with Gasteiger partial charge in [-0.05, 0) is 37.3 Å². The van der Waals surface area contributed by atoms with Gasteiger partial charge in [0.05, 0.1) is 11.7 Å². The minimum absolute atomic E-state index is 0.650. The molecule has 1 fully saturated rings. The van der Waals surface area contributed by atoms with E-state index in [1.165, 1.54) is 23.8 Å². The average molecular weight is 215 g/mol. The summed E-state index contributed by atoms with van der Waals surface area (Å²) in [5.74, 6) is 0.913. The van der Waals surface area contributed by atoms with Crippen molar-refractivity contribution in [2.24, 2.45) is 5.92 Å². The van der Waals surface area contributed by atoms with E-state index in [9.17, 15) is 0 Å². The molecule has 1 saturated carbocycles. The van der Waals surface area contributed by atoms with Crippen molar-refractivity contribution in [3.8, 4) is 0 Å². The summed E-state index contributed by atoms with van der Waals surface area (Å²) in [6.07, 6.45) is 4.65. The van der Waals surface area contributed by atoms with Crippen LogP contribution in [0.15, 0.2) is 24.4 Å². The topological polar surface area (TPSA) is 40.7 Å². The summed E-state index contributed by atoms with van der Waals surface area (Å²) in [5, 5.41) is 11.8. The summed E-state index contributed by atoms with van der Waals surface area (Å²) in [7, 11) is 0. The number of aromatic nitrogens is 2. The first-order valence-electron chi connectivity index (χ1n) is 5.98. The number of aromatic amines is 1. The van der Waals surface area contributed by atoms with Gasteiger partial charge in [0.15, 0.2) is 0 Å². The predicted molar refractivity (Wildman–Crippen MR) is 65.1 cm³/mol. The summed E-state index contributed by atoms with van der Waals surface area (Å²) in [6, 6.07) is 7.12. The Bertz CT molecular complexity index is 485. The first-order chi connectivity index (χ1) is 7.83. The van der Waals surface area contributed by atoms with Crippen LogP contribution in [0.1, 0.15) is 25.3 Å². The van der Waals surface area contributed by atoms with E-state index in [4.69, 9.17) is 0 Å². The molecule has 1 unspecified atom stereocenters. The van der Waals surface area contributed by atoms with Gasteiger partial charge in [-0.1, -0.05) is 12.1 Å². The molecule has 0 saturated heterocycles. The highest BCUT2D eigenvalue weighted by Gasteiger charge is 2.27. The Kier molecular flexibility index (Phi) is 2.40. The second kappa shape index (κ2) is 3.91. The van der Waals surface area contributed by atoms with E-state index in [1.807, 2.05) is 6.20 Å². The van der Waals surface area contributed by atoms with Crippen LogP contribution < -0.4 is 5.32 Å². The standard InChI is InChI=1S/C13H17N3/c1-9(11-4-5-11)14-7-10-2-3-12-8-15-16-13(12)6-10/h2-3,6,8-9,11,14H,4-5,7H2,1H3,(H,15,16). The fraction of sp³-hybridized carbons (Fsp3) is 0.462. The normalized spacial score (nSPS) is 17.8. The quantitative estimate of drug-likeness (QED) is 0.822. The summed E-state index contributed by atoms with van der Waals surface area (Å²) >= 11 is 0. The summed E-state index contributed by atoms with van der Waals surface area (Å²) in [4.78, 5) is 0. The molecule has 3 heteroatoms. The van der Waals surface area contributed by atoms with Crippen LogP contribution >= 0.6 is 0 Å². The number of hydrogen-bond acceptors (Lipinski definition) is 2. The number of hydrogen-bond donors (Lipinski definition) is 2. The third-order valence-corrected chi connectivity index (χ3v) is 3.46. The van der Waals surface area contributed by atoms with Crippen LogP contribution in [0.25, 0.3) is 10.9 Å². The lowest BCUT2D eigenvalue weighted by atomic mass is 10.1. The Morgan fingerprint density at radius 1 is 1.50 bits per heavy atom. The van der Waals surface area contributed by atoms with Crippen LogP contribution in [0.5, 0.6) is 0 Å². The van der Waals surface area contributed by atoms with Gasteiger partial charge in [-0.2, -0.15) is 5.10 Å². The van der Waals surface area contributed by atoms with E-state index in [1.54, 1.807) is 0 Å². The summed E-state index contributed by atoms with van der Waals surface area (Å²) < 4.78 is 0. The Morgan fingerprint density at radius 2 is 2.38 bits per heavy atom. The van der Waals surface area contributed by atoms with Crippen molar-refractivity contribution in [1.29, 1.82) is 0 Å². The fourth-order valence-electron chi connectivity index (χ4n) is 2.14. The molecule has 0 bridgehead atoms. The van der Waals surface area contributed by atoms with Crippen LogP contribution in [0.3, 0.4) is 0 Å². The minimum Gasteiger partial charge on any atom is -0.310 e. The molecule has 84 valence electrons. The maximum atomic E-state index is 4.03. The first-order valence-corrected chi connectivity index (χ1v) is 5.98. The fourth-order valence-corrected chi connectivity index (χ4v) is 2.14. The van der Waals surface area contributed by atoms with Crippen LogP contribution in [0.2, 0.25) is 0 Å². The van der Waals surface area contributed by atoms with Gasteiger partial charge in [0.25, 0.3) is 0 Å². The van der Waals surface area contributed by atoms with Crippen LogP contribution in [0.4, 0.5) is 0 Å². The highest BCUT2D eigenvalue weighted by molar-refractivity contribution is 5.78. The number of benzene rings is 1. The van der Waals surface area contributed by atoms with Gasteiger partial charge in [0, 0.05) is 18.0 Å². The summed E-state index contributed by atoms with van der Waals surface area (Å²) in [5.41, 5.74) is 2.45. The zero-order valence-electron chi connectivity index (χ0n) is 9.53. The number of nitrogens with one attached hydrogen (secondary N) is 2. The Morgan fingerprint density at radius 3 is 3.19 bits per heavy atom. The lowest BCUT2D eigenvalue weighted by Gasteiger charge is -2.12. The molecule has 2 aromatic rings.